The average Bonchev–Trinajstić information content (AvgIpc) is 2.43. The normalized spacial score (nSPS) is 23.1. The maximum Gasteiger partial charge on any atom is 0.227 e. The highest BCUT2D eigenvalue weighted by Crippen LogP contribution is 2.29. The van der Waals surface area contributed by atoms with Crippen LogP contribution >= 0.6 is 11.6 Å². The average molecular weight is 282 g/mol. The van der Waals surface area contributed by atoms with Crippen LogP contribution in [0, 0.1) is 18.8 Å². The predicted octanol–water partition coefficient (Wildman–Crippen LogP) is 2.75. The van der Waals surface area contributed by atoms with Gasteiger partial charge in [-0.2, -0.15) is 0 Å². The molecule has 0 atom stereocenters. The molecule has 19 heavy (non-hydrogen) atoms. The summed E-state index contributed by atoms with van der Waals surface area (Å²) in [6.07, 6.45) is 5.54. The number of carbonyl (C=O) groups is 1. The lowest BCUT2D eigenvalue weighted by molar-refractivity contribution is -0.121. The number of hydrogen-bond acceptors (Lipinski definition) is 3. The highest BCUT2D eigenvalue weighted by Gasteiger charge is 2.25. The Morgan fingerprint density at radius 2 is 2.16 bits per heavy atom. The third-order valence-electron chi connectivity index (χ3n) is 3.83. The molecule has 1 aliphatic rings. The second-order valence-corrected chi connectivity index (χ2v) is 5.63. The zero-order valence-corrected chi connectivity index (χ0v) is 11.9. The van der Waals surface area contributed by atoms with Gasteiger partial charge in [-0.25, -0.2) is 4.98 Å². The Balaban J connectivity index is 1.92. The van der Waals surface area contributed by atoms with Gasteiger partial charge in [0.15, 0.2) is 0 Å². The number of nitrogens with zero attached hydrogens (tertiary/aromatic N) is 1. The summed E-state index contributed by atoms with van der Waals surface area (Å²) in [6, 6.07) is 1.85. The van der Waals surface area contributed by atoms with Gasteiger partial charge in [0.1, 0.15) is 5.15 Å². The molecule has 1 fully saturated rings. The number of rotatable bonds is 3. The Hall–Kier alpha value is -1.13. The highest BCUT2D eigenvalue weighted by molar-refractivity contribution is 6.30. The van der Waals surface area contributed by atoms with Crippen LogP contribution in [0.5, 0.6) is 0 Å². The number of pyridine rings is 1. The fourth-order valence-corrected chi connectivity index (χ4v) is 2.63. The Bertz CT molecular complexity index is 456. The largest absolute Gasteiger partial charge is 0.330 e. The summed E-state index contributed by atoms with van der Waals surface area (Å²) in [6.45, 7) is 2.60. The number of halogens is 1. The SMILES string of the molecule is Cc1cc(NC(=O)C2CCC(CN)CC2)cnc1Cl. The lowest BCUT2D eigenvalue weighted by Crippen LogP contribution is -2.29. The van der Waals surface area contributed by atoms with Crippen molar-refractivity contribution in [3.63, 3.8) is 0 Å². The van der Waals surface area contributed by atoms with Crippen LogP contribution in [0.3, 0.4) is 0 Å². The Morgan fingerprint density at radius 1 is 1.47 bits per heavy atom. The fourth-order valence-electron chi connectivity index (χ4n) is 2.53. The molecule has 0 spiro atoms. The van der Waals surface area contributed by atoms with E-state index in [0.717, 1.165) is 37.8 Å². The van der Waals surface area contributed by atoms with E-state index in [0.29, 0.717) is 16.8 Å². The first-order chi connectivity index (χ1) is 9.10. The van der Waals surface area contributed by atoms with E-state index < -0.39 is 0 Å². The topological polar surface area (TPSA) is 68.0 Å². The molecule has 1 heterocycles. The van der Waals surface area contributed by atoms with Crippen molar-refractivity contribution in [2.45, 2.75) is 32.6 Å². The van der Waals surface area contributed by atoms with Crippen molar-refractivity contribution in [3.8, 4) is 0 Å². The molecule has 5 heteroatoms. The molecule has 1 aromatic rings. The van der Waals surface area contributed by atoms with Crippen LogP contribution in [-0.2, 0) is 4.79 Å². The van der Waals surface area contributed by atoms with Gasteiger partial charge >= 0.3 is 0 Å². The number of hydrogen-bond donors (Lipinski definition) is 2. The monoisotopic (exact) mass is 281 g/mol. The van der Waals surface area contributed by atoms with Crippen LogP contribution in [0.2, 0.25) is 5.15 Å². The number of anilines is 1. The van der Waals surface area contributed by atoms with Crippen molar-refractivity contribution in [2.75, 3.05) is 11.9 Å². The summed E-state index contributed by atoms with van der Waals surface area (Å²) in [5.41, 5.74) is 7.24. The van der Waals surface area contributed by atoms with E-state index in [4.69, 9.17) is 17.3 Å². The molecule has 2 rings (SSSR count). The summed E-state index contributed by atoms with van der Waals surface area (Å²) < 4.78 is 0. The first-order valence-corrected chi connectivity index (χ1v) is 7.11. The van der Waals surface area contributed by atoms with Crippen LogP contribution in [0.15, 0.2) is 12.3 Å². The highest BCUT2D eigenvalue weighted by atomic mass is 35.5. The van der Waals surface area contributed by atoms with Crippen molar-refractivity contribution in [2.24, 2.45) is 17.6 Å². The van der Waals surface area contributed by atoms with Crippen LogP contribution in [0.1, 0.15) is 31.2 Å². The quantitative estimate of drug-likeness (QED) is 0.837. The third-order valence-corrected chi connectivity index (χ3v) is 4.23. The molecule has 0 aliphatic heterocycles. The van der Waals surface area contributed by atoms with Crippen molar-refractivity contribution in [1.82, 2.24) is 4.98 Å². The standard InChI is InChI=1S/C14H20ClN3O/c1-9-6-12(8-17-13(9)15)18-14(19)11-4-2-10(7-16)3-5-11/h6,8,10-11H,2-5,7,16H2,1H3,(H,18,19). The summed E-state index contributed by atoms with van der Waals surface area (Å²) in [7, 11) is 0. The smallest absolute Gasteiger partial charge is 0.227 e. The summed E-state index contributed by atoms with van der Waals surface area (Å²) in [5, 5.41) is 3.39. The zero-order valence-electron chi connectivity index (χ0n) is 11.2. The number of nitrogens with two attached hydrogens (primary N) is 1. The van der Waals surface area contributed by atoms with E-state index in [2.05, 4.69) is 10.3 Å². The van der Waals surface area contributed by atoms with Gasteiger partial charge in [0.05, 0.1) is 11.9 Å². The number of nitrogens with one attached hydrogen (secondary N) is 1. The summed E-state index contributed by atoms with van der Waals surface area (Å²) in [5.74, 6) is 0.765. The van der Waals surface area contributed by atoms with Gasteiger partial charge < -0.3 is 11.1 Å². The molecule has 1 aromatic heterocycles. The van der Waals surface area contributed by atoms with Gasteiger partial charge in [0.2, 0.25) is 5.91 Å². The van der Waals surface area contributed by atoms with Crippen molar-refractivity contribution in [3.05, 3.63) is 23.0 Å². The van der Waals surface area contributed by atoms with E-state index in [9.17, 15) is 4.79 Å². The summed E-state index contributed by atoms with van der Waals surface area (Å²) in [4.78, 5) is 16.2. The molecule has 1 saturated carbocycles. The van der Waals surface area contributed by atoms with E-state index in [-0.39, 0.29) is 11.8 Å². The Labute approximate surface area is 118 Å². The minimum absolute atomic E-state index is 0.0824. The molecule has 0 aromatic carbocycles. The molecule has 0 unspecified atom stereocenters. The first-order valence-electron chi connectivity index (χ1n) is 6.73. The van der Waals surface area contributed by atoms with Gasteiger partial charge in [-0.15, -0.1) is 0 Å². The van der Waals surface area contributed by atoms with Crippen LogP contribution in [0.25, 0.3) is 0 Å². The van der Waals surface area contributed by atoms with E-state index >= 15 is 0 Å². The molecule has 4 nitrogen and oxygen atoms in total. The summed E-state index contributed by atoms with van der Waals surface area (Å²) >= 11 is 5.86. The van der Waals surface area contributed by atoms with Crippen LogP contribution in [0.4, 0.5) is 5.69 Å². The van der Waals surface area contributed by atoms with Crippen LogP contribution < -0.4 is 11.1 Å². The maximum atomic E-state index is 12.2. The first kappa shape index (κ1) is 14.3. The minimum Gasteiger partial charge on any atom is -0.330 e. The lowest BCUT2D eigenvalue weighted by atomic mass is 9.81. The fraction of sp³-hybridized carbons (Fsp3) is 0.571. The predicted molar refractivity (Wildman–Crippen MR) is 77.1 cm³/mol. The second kappa shape index (κ2) is 6.35. The molecule has 0 bridgehead atoms. The third kappa shape index (κ3) is 3.67. The van der Waals surface area contributed by atoms with Crippen molar-refractivity contribution >= 4 is 23.2 Å². The van der Waals surface area contributed by atoms with Crippen LogP contribution in [-0.4, -0.2) is 17.4 Å². The van der Waals surface area contributed by atoms with Gasteiger partial charge in [-0.3, -0.25) is 4.79 Å². The van der Waals surface area contributed by atoms with Crippen molar-refractivity contribution in [1.29, 1.82) is 0 Å². The van der Waals surface area contributed by atoms with Gasteiger partial charge in [-0.05, 0) is 56.7 Å². The Kier molecular flexibility index (Phi) is 4.77. The zero-order chi connectivity index (χ0) is 13.8. The Morgan fingerprint density at radius 3 is 2.74 bits per heavy atom. The molecular weight excluding hydrogens is 262 g/mol. The van der Waals surface area contributed by atoms with Crippen molar-refractivity contribution < 1.29 is 4.79 Å². The maximum absolute atomic E-state index is 12.2. The van der Waals surface area contributed by atoms with E-state index in [1.54, 1.807) is 6.20 Å². The number of aromatic nitrogens is 1. The molecule has 1 aliphatic carbocycles. The molecular formula is C14H20ClN3O. The van der Waals surface area contributed by atoms with Gasteiger partial charge in [0, 0.05) is 5.92 Å². The number of amides is 1. The van der Waals surface area contributed by atoms with Gasteiger partial charge in [-0.1, -0.05) is 11.6 Å². The minimum atomic E-state index is 0.0824. The molecule has 0 saturated heterocycles. The number of carbonyl (C=O) groups excluding carboxylic acids is 1. The number of aryl methyl sites for hydroxylation is 1. The van der Waals surface area contributed by atoms with E-state index in [1.807, 2.05) is 13.0 Å². The molecule has 3 N–H and O–H groups in total. The van der Waals surface area contributed by atoms with Gasteiger partial charge in [0.25, 0.3) is 0 Å². The second-order valence-electron chi connectivity index (χ2n) is 5.27. The molecule has 0 radical (unpaired) electrons. The molecule has 104 valence electrons. The van der Waals surface area contributed by atoms with E-state index in [1.165, 1.54) is 0 Å². The lowest BCUT2D eigenvalue weighted by Gasteiger charge is -2.26. The molecule has 1 amide bonds.